The second-order valence-electron chi connectivity index (χ2n) is 7.30. The van der Waals surface area contributed by atoms with Gasteiger partial charge in [-0.05, 0) is 49.6 Å². The minimum Gasteiger partial charge on any atom is -0.293 e. The summed E-state index contributed by atoms with van der Waals surface area (Å²) in [4.78, 5) is 17.7. The third kappa shape index (κ3) is 3.38. The molecule has 1 fully saturated rings. The number of aryl methyl sites for hydroxylation is 1. The maximum Gasteiger partial charge on any atom is 0.280 e. The molecule has 0 spiro atoms. The molecule has 148 valence electrons. The Bertz CT molecular complexity index is 1240. The highest BCUT2D eigenvalue weighted by Gasteiger charge is 2.27. The van der Waals surface area contributed by atoms with Crippen LogP contribution in [0.15, 0.2) is 52.3 Å². The summed E-state index contributed by atoms with van der Waals surface area (Å²) in [5.41, 5.74) is 2.18. The third-order valence-electron chi connectivity index (χ3n) is 5.45. The molecule has 0 saturated heterocycles. The summed E-state index contributed by atoms with van der Waals surface area (Å²) >= 11 is 0. The lowest BCUT2D eigenvalue weighted by atomic mass is 10.1. The molecular weight excluding hydrogens is 386 g/mol. The van der Waals surface area contributed by atoms with Gasteiger partial charge in [-0.3, -0.25) is 9.89 Å². The summed E-state index contributed by atoms with van der Waals surface area (Å²) in [6, 6.07) is 12.2. The third-order valence-corrected chi connectivity index (χ3v) is 7.80. The van der Waals surface area contributed by atoms with Crippen LogP contribution in [-0.4, -0.2) is 24.2 Å². The van der Waals surface area contributed by atoms with E-state index in [-0.39, 0.29) is 10.8 Å². The van der Waals surface area contributed by atoms with Crippen LogP contribution in [0.4, 0.5) is 0 Å². The van der Waals surface area contributed by atoms with E-state index < -0.39 is 9.73 Å². The van der Waals surface area contributed by atoms with E-state index in [9.17, 15) is 9.00 Å². The molecule has 1 saturated carbocycles. The summed E-state index contributed by atoms with van der Waals surface area (Å²) in [7, 11) is -2.89. The highest BCUT2D eigenvalue weighted by atomic mass is 32.2. The minimum atomic E-state index is -2.89. The fourth-order valence-corrected chi connectivity index (χ4v) is 5.72. The number of hydrogen-bond donors (Lipinski definition) is 2. The molecule has 1 aromatic carbocycles. The Balaban J connectivity index is 1.69. The zero-order chi connectivity index (χ0) is 20.6. The van der Waals surface area contributed by atoms with Crippen LogP contribution in [0, 0.1) is 23.0 Å². The van der Waals surface area contributed by atoms with Crippen molar-refractivity contribution < 1.29 is 4.21 Å². The minimum absolute atomic E-state index is 0.117. The van der Waals surface area contributed by atoms with Crippen LogP contribution in [0.1, 0.15) is 36.9 Å². The Morgan fingerprint density at radius 2 is 1.90 bits per heavy atom. The molecule has 2 N–H and O–H groups in total. The summed E-state index contributed by atoms with van der Waals surface area (Å²) in [6.07, 6.45) is 5.11. The van der Waals surface area contributed by atoms with Crippen LogP contribution in [0.5, 0.6) is 0 Å². The molecule has 1 aliphatic carbocycles. The Morgan fingerprint density at radius 3 is 2.48 bits per heavy atom. The summed E-state index contributed by atoms with van der Waals surface area (Å²) < 4.78 is 22.6. The van der Waals surface area contributed by atoms with Crippen molar-refractivity contribution in [2.45, 2.75) is 42.8 Å². The fourth-order valence-electron chi connectivity index (χ4n) is 3.86. The zero-order valence-electron chi connectivity index (χ0n) is 16.0. The number of benzene rings is 1. The lowest BCUT2D eigenvalue weighted by molar-refractivity contribution is 0.658. The van der Waals surface area contributed by atoms with Gasteiger partial charge in [0, 0.05) is 17.1 Å². The van der Waals surface area contributed by atoms with E-state index in [0.29, 0.717) is 33.1 Å². The van der Waals surface area contributed by atoms with Crippen molar-refractivity contribution >= 4 is 9.73 Å². The second kappa shape index (κ2) is 7.33. The highest BCUT2D eigenvalue weighted by Crippen LogP contribution is 2.30. The van der Waals surface area contributed by atoms with Gasteiger partial charge in [-0.1, -0.05) is 25.0 Å². The van der Waals surface area contributed by atoms with E-state index in [2.05, 4.69) is 16.2 Å². The number of aromatic amines is 1. The smallest absolute Gasteiger partial charge is 0.280 e. The molecular formula is C21H21N5O2S. The maximum atomic E-state index is 13.0. The van der Waals surface area contributed by atoms with Crippen LogP contribution in [0.3, 0.4) is 0 Å². The van der Waals surface area contributed by atoms with Crippen molar-refractivity contribution in [3.63, 3.8) is 0 Å². The first kappa shape index (κ1) is 19.2. The highest BCUT2D eigenvalue weighted by molar-refractivity contribution is 7.93. The molecule has 2 heterocycles. The average Bonchev–Trinajstić information content (AvgIpc) is 3.37. The van der Waals surface area contributed by atoms with Crippen molar-refractivity contribution in [1.82, 2.24) is 14.8 Å². The fraction of sp³-hybridized carbons (Fsp3) is 0.286. The van der Waals surface area contributed by atoms with E-state index in [1.165, 1.54) is 10.9 Å². The largest absolute Gasteiger partial charge is 0.293 e. The molecule has 0 radical (unpaired) electrons. The topological polar surface area (TPSA) is 115 Å². The maximum absolute atomic E-state index is 13.0. The molecule has 0 aliphatic heterocycles. The predicted octanol–water partition coefficient (Wildman–Crippen LogP) is 3.76. The number of nitrogens with zero attached hydrogens (tertiary/aromatic N) is 3. The lowest BCUT2D eigenvalue weighted by Crippen LogP contribution is -2.19. The molecule has 1 aliphatic rings. The van der Waals surface area contributed by atoms with Crippen molar-refractivity contribution in [3.8, 4) is 23.0 Å². The molecule has 3 aromatic rings. The first-order valence-corrected chi connectivity index (χ1v) is 11.1. The Hall–Kier alpha value is -3.18. The Morgan fingerprint density at radius 1 is 1.21 bits per heavy atom. The number of rotatable bonds is 4. The normalized spacial score (nSPS) is 16.4. The van der Waals surface area contributed by atoms with Crippen molar-refractivity contribution in [3.05, 3.63) is 64.2 Å². The summed E-state index contributed by atoms with van der Waals surface area (Å²) in [6.45, 7) is 1.80. The van der Waals surface area contributed by atoms with Gasteiger partial charge in [-0.2, -0.15) is 5.26 Å². The molecule has 0 amide bonds. The van der Waals surface area contributed by atoms with E-state index in [1.807, 2.05) is 0 Å². The van der Waals surface area contributed by atoms with Crippen LogP contribution < -0.4 is 5.56 Å². The Kier molecular flexibility index (Phi) is 4.84. The first-order valence-electron chi connectivity index (χ1n) is 9.48. The first-order chi connectivity index (χ1) is 13.9. The zero-order valence-corrected chi connectivity index (χ0v) is 16.8. The SMILES string of the molecule is Cc1[nH]n(-c2ccc(S(=N)(=O)C3CCCC3)cn2)c(=O)c1-c1ccc(C#N)cc1. The predicted molar refractivity (Wildman–Crippen MR) is 110 cm³/mol. The van der Waals surface area contributed by atoms with Crippen LogP contribution >= 0.6 is 0 Å². The van der Waals surface area contributed by atoms with Gasteiger partial charge in [0.1, 0.15) is 0 Å². The Labute approximate surface area is 169 Å². The average molecular weight is 407 g/mol. The molecule has 1 atom stereocenters. The number of pyridine rings is 1. The van der Waals surface area contributed by atoms with Gasteiger partial charge in [-0.15, -0.1) is 0 Å². The standard InChI is InChI=1S/C21H21N5O2S/c1-14-20(16-8-6-15(12-22)7-9-16)21(27)26(25-14)19-11-10-18(13-24-19)29(23,28)17-4-2-3-5-17/h6-11,13,17,23,25H,2-5H2,1H3. The number of nitrogens with one attached hydrogen (secondary N) is 2. The van der Waals surface area contributed by atoms with E-state index >= 15 is 0 Å². The number of nitriles is 1. The molecule has 0 bridgehead atoms. The van der Waals surface area contributed by atoms with Gasteiger partial charge >= 0.3 is 0 Å². The van der Waals surface area contributed by atoms with Crippen molar-refractivity contribution in [1.29, 1.82) is 10.0 Å². The van der Waals surface area contributed by atoms with Crippen LogP contribution in [0.25, 0.3) is 16.9 Å². The monoisotopic (exact) mass is 407 g/mol. The number of aromatic nitrogens is 3. The lowest BCUT2D eigenvalue weighted by Gasteiger charge is -2.14. The van der Waals surface area contributed by atoms with E-state index in [1.54, 1.807) is 43.3 Å². The number of H-pyrrole nitrogens is 1. The van der Waals surface area contributed by atoms with Gasteiger partial charge < -0.3 is 0 Å². The van der Waals surface area contributed by atoms with Crippen LogP contribution in [-0.2, 0) is 9.73 Å². The van der Waals surface area contributed by atoms with Crippen LogP contribution in [0.2, 0.25) is 0 Å². The van der Waals surface area contributed by atoms with E-state index in [4.69, 9.17) is 10.0 Å². The van der Waals surface area contributed by atoms with E-state index in [0.717, 1.165) is 25.7 Å². The summed E-state index contributed by atoms with van der Waals surface area (Å²) in [5.74, 6) is 0.378. The molecule has 4 rings (SSSR count). The second-order valence-corrected chi connectivity index (χ2v) is 9.64. The van der Waals surface area contributed by atoms with Gasteiger partial charge in [-0.25, -0.2) is 18.7 Å². The molecule has 8 heteroatoms. The molecule has 29 heavy (non-hydrogen) atoms. The van der Waals surface area contributed by atoms with Gasteiger partial charge in [0.2, 0.25) is 0 Å². The molecule has 1 unspecified atom stereocenters. The summed E-state index contributed by atoms with van der Waals surface area (Å²) in [5, 5.41) is 11.9. The van der Waals surface area contributed by atoms with Gasteiger partial charge in [0.25, 0.3) is 5.56 Å². The van der Waals surface area contributed by atoms with Crippen molar-refractivity contribution in [2.24, 2.45) is 0 Å². The van der Waals surface area contributed by atoms with Crippen molar-refractivity contribution in [2.75, 3.05) is 0 Å². The number of hydrogen-bond acceptors (Lipinski definition) is 5. The quantitative estimate of drug-likeness (QED) is 0.685. The molecule has 7 nitrogen and oxygen atoms in total. The van der Waals surface area contributed by atoms with Gasteiger partial charge in [0.05, 0.1) is 31.8 Å². The van der Waals surface area contributed by atoms with Gasteiger partial charge in [0.15, 0.2) is 5.82 Å². The molecule has 2 aromatic heterocycles.